The number of fused-ring (bicyclic) bond motifs is 1. The van der Waals surface area contributed by atoms with E-state index in [9.17, 15) is 9.59 Å². The molecule has 2 amide bonds. The molecule has 1 aromatic carbocycles. The van der Waals surface area contributed by atoms with E-state index >= 15 is 0 Å². The number of imidazole rings is 1. The van der Waals surface area contributed by atoms with Crippen LogP contribution in [0.25, 0.3) is 0 Å². The van der Waals surface area contributed by atoms with Crippen LogP contribution in [-0.4, -0.2) is 21.4 Å². The molecule has 0 fully saturated rings. The average Bonchev–Trinajstić information content (AvgIpc) is 3.34. The SMILES string of the molecule is O=C(NCc1ccco1)c1nc(C(=O)Nc2cccc(Cl)c2)n2c1CCCC2. The lowest BCUT2D eigenvalue weighted by Gasteiger charge is -2.17. The largest absolute Gasteiger partial charge is 0.467 e. The Morgan fingerprint density at radius 1 is 1.18 bits per heavy atom. The average molecular weight is 399 g/mol. The van der Waals surface area contributed by atoms with Gasteiger partial charge in [-0.1, -0.05) is 17.7 Å². The molecule has 2 aromatic heterocycles. The van der Waals surface area contributed by atoms with Crippen molar-refractivity contribution in [3.8, 4) is 0 Å². The Hall–Kier alpha value is -3.06. The number of anilines is 1. The molecule has 0 saturated carbocycles. The van der Waals surface area contributed by atoms with Crippen molar-refractivity contribution in [2.75, 3.05) is 5.32 Å². The van der Waals surface area contributed by atoms with Gasteiger partial charge < -0.3 is 19.6 Å². The molecule has 0 radical (unpaired) electrons. The van der Waals surface area contributed by atoms with Crippen molar-refractivity contribution in [2.45, 2.75) is 32.4 Å². The minimum atomic E-state index is -0.365. The molecular formula is C20H19ClN4O3. The van der Waals surface area contributed by atoms with Gasteiger partial charge in [0.25, 0.3) is 11.8 Å². The molecule has 4 rings (SSSR count). The second kappa shape index (κ2) is 7.90. The summed E-state index contributed by atoms with van der Waals surface area (Å²) in [5, 5.41) is 6.13. The van der Waals surface area contributed by atoms with Gasteiger partial charge in [0.05, 0.1) is 18.5 Å². The van der Waals surface area contributed by atoms with Gasteiger partial charge in [0.1, 0.15) is 11.5 Å². The highest BCUT2D eigenvalue weighted by atomic mass is 35.5. The van der Waals surface area contributed by atoms with E-state index in [0.717, 1.165) is 18.5 Å². The molecule has 3 aromatic rings. The number of carbonyl (C=O) groups is 2. The van der Waals surface area contributed by atoms with Gasteiger partial charge in [-0.05, 0) is 49.6 Å². The molecule has 3 heterocycles. The Kier molecular flexibility index (Phi) is 5.16. The van der Waals surface area contributed by atoms with Crippen LogP contribution in [0, 0.1) is 0 Å². The van der Waals surface area contributed by atoms with Crippen molar-refractivity contribution < 1.29 is 14.0 Å². The molecule has 1 aliphatic heterocycles. The molecule has 1 aliphatic rings. The smallest absolute Gasteiger partial charge is 0.291 e. The van der Waals surface area contributed by atoms with E-state index in [4.69, 9.17) is 16.0 Å². The van der Waals surface area contributed by atoms with Crippen LogP contribution >= 0.6 is 11.6 Å². The van der Waals surface area contributed by atoms with E-state index < -0.39 is 0 Å². The summed E-state index contributed by atoms with van der Waals surface area (Å²) in [5.74, 6) is 0.206. The first-order valence-electron chi connectivity index (χ1n) is 9.09. The number of halogens is 1. The molecule has 2 N–H and O–H groups in total. The van der Waals surface area contributed by atoms with Gasteiger partial charge in [-0.2, -0.15) is 0 Å². The first-order valence-corrected chi connectivity index (χ1v) is 9.46. The molecular weight excluding hydrogens is 380 g/mol. The predicted octanol–water partition coefficient (Wildman–Crippen LogP) is 3.65. The monoisotopic (exact) mass is 398 g/mol. The van der Waals surface area contributed by atoms with Crippen LogP contribution in [0.5, 0.6) is 0 Å². The maximum Gasteiger partial charge on any atom is 0.291 e. The molecule has 0 spiro atoms. The molecule has 0 atom stereocenters. The molecule has 0 aliphatic carbocycles. The van der Waals surface area contributed by atoms with Gasteiger partial charge in [0.2, 0.25) is 0 Å². The summed E-state index contributed by atoms with van der Waals surface area (Å²) >= 11 is 5.98. The zero-order valence-electron chi connectivity index (χ0n) is 15.1. The number of furan rings is 1. The minimum Gasteiger partial charge on any atom is -0.467 e. The second-order valence-electron chi connectivity index (χ2n) is 6.57. The van der Waals surface area contributed by atoms with Gasteiger partial charge in [0, 0.05) is 17.3 Å². The lowest BCUT2D eigenvalue weighted by atomic mass is 10.1. The number of hydrogen-bond acceptors (Lipinski definition) is 4. The van der Waals surface area contributed by atoms with Crippen molar-refractivity contribution in [3.63, 3.8) is 0 Å². The van der Waals surface area contributed by atoms with Gasteiger partial charge in [0.15, 0.2) is 5.82 Å². The highest BCUT2D eigenvalue weighted by molar-refractivity contribution is 6.30. The van der Waals surface area contributed by atoms with Crippen molar-refractivity contribution in [1.82, 2.24) is 14.9 Å². The normalized spacial score (nSPS) is 13.0. The van der Waals surface area contributed by atoms with Crippen LogP contribution in [0.1, 0.15) is 45.4 Å². The maximum atomic E-state index is 12.8. The number of benzene rings is 1. The van der Waals surface area contributed by atoms with Crippen LogP contribution in [-0.2, 0) is 19.5 Å². The summed E-state index contributed by atoms with van der Waals surface area (Å²) in [5.41, 5.74) is 1.66. The van der Waals surface area contributed by atoms with Gasteiger partial charge in [-0.25, -0.2) is 4.98 Å². The number of aromatic nitrogens is 2. The maximum absolute atomic E-state index is 12.8. The fourth-order valence-electron chi connectivity index (χ4n) is 3.32. The third-order valence-corrected chi connectivity index (χ3v) is 4.86. The Bertz CT molecular complexity index is 1010. The third-order valence-electron chi connectivity index (χ3n) is 4.62. The topological polar surface area (TPSA) is 89.2 Å². The molecule has 28 heavy (non-hydrogen) atoms. The molecule has 0 saturated heterocycles. The Labute approximate surface area is 166 Å². The second-order valence-corrected chi connectivity index (χ2v) is 7.00. The first kappa shape index (κ1) is 18.3. The minimum absolute atomic E-state index is 0.234. The van der Waals surface area contributed by atoms with Crippen LogP contribution in [0.3, 0.4) is 0 Å². The van der Waals surface area contributed by atoms with Crippen molar-refractivity contribution in [1.29, 1.82) is 0 Å². The summed E-state index contributed by atoms with van der Waals surface area (Å²) in [6.07, 6.45) is 4.16. The highest BCUT2D eigenvalue weighted by Crippen LogP contribution is 2.23. The molecule has 0 bridgehead atoms. The van der Waals surface area contributed by atoms with E-state index in [1.54, 1.807) is 42.7 Å². The lowest BCUT2D eigenvalue weighted by Crippen LogP contribution is -2.25. The highest BCUT2D eigenvalue weighted by Gasteiger charge is 2.27. The van der Waals surface area contributed by atoms with E-state index in [-0.39, 0.29) is 24.2 Å². The van der Waals surface area contributed by atoms with E-state index in [0.29, 0.717) is 35.1 Å². The van der Waals surface area contributed by atoms with Crippen LogP contribution < -0.4 is 10.6 Å². The first-order chi connectivity index (χ1) is 13.6. The van der Waals surface area contributed by atoms with Crippen molar-refractivity contribution >= 4 is 29.1 Å². The Morgan fingerprint density at radius 3 is 2.86 bits per heavy atom. The zero-order chi connectivity index (χ0) is 19.5. The summed E-state index contributed by atoms with van der Waals surface area (Å²) in [6.45, 7) is 0.925. The number of amides is 2. The predicted molar refractivity (Wildman–Crippen MR) is 104 cm³/mol. The molecule has 0 unspecified atom stereocenters. The van der Waals surface area contributed by atoms with Crippen molar-refractivity contribution in [3.05, 3.63) is 70.7 Å². The Morgan fingerprint density at radius 2 is 2.07 bits per heavy atom. The summed E-state index contributed by atoms with van der Waals surface area (Å²) < 4.78 is 7.08. The van der Waals surface area contributed by atoms with E-state index in [1.807, 2.05) is 4.57 Å². The van der Waals surface area contributed by atoms with Gasteiger partial charge >= 0.3 is 0 Å². The van der Waals surface area contributed by atoms with E-state index in [1.165, 1.54) is 0 Å². The molecule has 7 nitrogen and oxygen atoms in total. The van der Waals surface area contributed by atoms with Gasteiger partial charge in [-0.15, -0.1) is 0 Å². The summed E-state index contributed by atoms with van der Waals surface area (Å²) in [4.78, 5) is 29.9. The Balaban J connectivity index is 1.57. The number of carbonyl (C=O) groups excluding carboxylic acids is 2. The quantitative estimate of drug-likeness (QED) is 0.686. The fraction of sp³-hybridized carbons (Fsp3) is 0.250. The molecule has 8 heteroatoms. The third kappa shape index (κ3) is 3.80. The summed E-state index contributed by atoms with van der Waals surface area (Å²) in [7, 11) is 0. The number of nitrogens with zero attached hydrogens (tertiary/aromatic N) is 2. The number of hydrogen-bond donors (Lipinski definition) is 2. The van der Waals surface area contributed by atoms with Crippen LogP contribution in [0.2, 0.25) is 5.02 Å². The number of rotatable bonds is 5. The van der Waals surface area contributed by atoms with Crippen LogP contribution in [0.15, 0.2) is 47.1 Å². The number of nitrogens with one attached hydrogen (secondary N) is 2. The van der Waals surface area contributed by atoms with E-state index in [2.05, 4.69) is 15.6 Å². The van der Waals surface area contributed by atoms with Crippen LogP contribution in [0.4, 0.5) is 5.69 Å². The lowest BCUT2D eigenvalue weighted by molar-refractivity contribution is 0.0942. The fourth-order valence-corrected chi connectivity index (χ4v) is 3.51. The van der Waals surface area contributed by atoms with Gasteiger partial charge in [-0.3, -0.25) is 9.59 Å². The molecule has 144 valence electrons. The summed E-state index contributed by atoms with van der Waals surface area (Å²) in [6, 6.07) is 10.4. The van der Waals surface area contributed by atoms with Crippen molar-refractivity contribution in [2.24, 2.45) is 0 Å². The standard InChI is InChI=1S/C20H19ClN4O3/c21-13-5-3-6-14(11-13)23-20(27)18-24-17(16-8-1-2-9-25(16)18)19(26)22-12-15-7-4-10-28-15/h3-7,10-11H,1-2,8-9,12H2,(H,22,26)(H,23,27). The zero-order valence-corrected chi connectivity index (χ0v) is 15.8.